The Morgan fingerprint density at radius 1 is 1.21 bits per heavy atom. The number of carbonyl (C=O) groups excluding carboxylic acids is 1. The Kier molecular flexibility index (Phi) is 4.52. The fourth-order valence-corrected chi connectivity index (χ4v) is 2.16. The second kappa shape index (κ2) is 6.92. The quantitative estimate of drug-likeness (QED) is 0.787. The van der Waals surface area contributed by atoms with Crippen molar-refractivity contribution in [2.75, 3.05) is 6.79 Å². The standard InChI is InChI=1S/C18H15NO5/c1-12(24-15-5-2-13(9-19)3-6-15)18(20)21-10-14-4-7-16-17(8-14)23-11-22-16/h2-8,12H,10-11H2,1H3/t12-/m1/s1. The van der Waals surface area contributed by atoms with Crippen LogP contribution in [0.25, 0.3) is 0 Å². The molecule has 0 radical (unpaired) electrons. The van der Waals surface area contributed by atoms with E-state index in [0.29, 0.717) is 22.8 Å². The van der Waals surface area contributed by atoms with Crippen molar-refractivity contribution >= 4 is 5.97 Å². The molecule has 0 aromatic heterocycles. The van der Waals surface area contributed by atoms with Crippen molar-refractivity contribution in [1.29, 1.82) is 5.26 Å². The second-order valence-corrected chi connectivity index (χ2v) is 5.19. The molecule has 2 aromatic carbocycles. The van der Waals surface area contributed by atoms with Crippen LogP contribution in [-0.2, 0) is 16.1 Å². The molecule has 0 amide bonds. The highest BCUT2D eigenvalue weighted by Gasteiger charge is 2.18. The molecular weight excluding hydrogens is 310 g/mol. The predicted molar refractivity (Wildman–Crippen MR) is 83.6 cm³/mol. The summed E-state index contributed by atoms with van der Waals surface area (Å²) in [5.74, 6) is 1.35. The van der Waals surface area contributed by atoms with Gasteiger partial charge in [0.15, 0.2) is 17.6 Å². The molecule has 1 heterocycles. The number of fused-ring (bicyclic) bond motifs is 1. The van der Waals surface area contributed by atoms with E-state index in [1.54, 1.807) is 43.3 Å². The number of carbonyl (C=O) groups is 1. The van der Waals surface area contributed by atoms with Crippen LogP contribution in [0.2, 0.25) is 0 Å². The summed E-state index contributed by atoms with van der Waals surface area (Å²) in [7, 11) is 0. The lowest BCUT2D eigenvalue weighted by Crippen LogP contribution is -2.26. The van der Waals surface area contributed by atoms with Crippen molar-refractivity contribution in [3.05, 3.63) is 53.6 Å². The summed E-state index contributed by atoms with van der Waals surface area (Å²) in [4.78, 5) is 12.0. The summed E-state index contributed by atoms with van der Waals surface area (Å²) >= 11 is 0. The minimum Gasteiger partial charge on any atom is -0.479 e. The molecule has 0 saturated carbocycles. The first kappa shape index (κ1) is 15.7. The van der Waals surface area contributed by atoms with E-state index in [4.69, 9.17) is 24.2 Å². The zero-order chi connectivity index (χ0) is 16.9. The van der Waals surface area contributed by atoms with E-state index in [0.717, 1.165) is 5.56 Å². The maximum Gasteiger partial charge on any atom is 0.347 e. The zero-order valence-electron chi connectivity index (χ0n) is 13.0. The van der Waals surface area contributed by atoms with Gasteiger partial charge >= 0.3 is 5.97 Å². The van der Waals surface area contributed by atoms with Crippen LogP contribution >= 0.6 is 0 Å². The van der Waals surface area contributed by atoms with Gasteiger partial charge in [-0.1, -0.05) is 6.07 Å². The van der Waals surface area contributed by atoms with Gasteiger partial charge in [-0.05, 0) is 48.9 Å². The molecule has 3 rings (SSSR count). The fourth-order valence-electron chi connectivity index (χ4n) is 2.16. The molecule has 0 spiro atoms. The number of ether oxygens (including phenoxy) is 4. The second-order valence-electron chi connectivity index (χ2n) is 5.19. The average Bonchev–Trinajstić information content (AvgIpc) is 3.08. The topological polar surface area (TPSA) is 77.8 Å². The lowest BCUT2D eigenvalue weighted by molar-refractivity contribution is -0.152. The van der Waals surface area contributed by atoms with Gasteiger partial charge in [0.05, 0.1) is 11.6 Å². The monoisotopic (exact) mass is 325 g/mol. The van der Waals surface area contributed by atoms with Crippen molar-refractivity contribution in [2.45, 2.75) is 19.6 Å². The molecule has 6 nitrogen and oxygen atoms in total. The van der Waals surface area contributed by atoms with Gasteiger partial charge in [0.25, 0.3) is 0 Å². The van der Waals surface area contributed by atoms with Crippen LogP contribution in [0.5, 0.6) is 17.2 Å². The number of hydrogen-bond donors (Lipinski definition) is 0. The predicted octanol–water partition coefficient (Wildman–Crippen LogP) is 2.80. The molecule has 122 valence electrons. The largest absolute Gasteiger partial charge is 0.479 e. The Hall–Kier alpha value is -3.20. The summed E-state index contributed by atoms with van der Waals surface area (Å²) in [6, 6.07) is 13.9. The third-order valence-corrected chi connectivity index (χ3v) is 3.45. The maximum atomic E-state index is 12.0. The Morgan fingerprint density at radius 3 is 2.71 bits per heavy atom. The first-order valence-corrected chi connectivity index (χ1v) is 7.37. The van der Waals surface area contributed by atoms with Crippen molar-refractivity contribution in [3.8, 4) is 23.3 Å². The van der Waals surface area contributed by atoms with Gasteiger partial charge in [0.2, 0.25) is 6.79 Å². The lowest BCUT2D eigenvalue weighted by atomic mass is 10.2. The van der Waals surface area contributed by atoms with E-state index >= 15 is 0 Å². The van der Waals surface area contributed by atoms with Gasteiger partial charge in [-0.3, -0.25) is 0 Å². The Morgan fingerprint density at radius 2 is 1.96 bits per heavy atom. The minimum atomic E-state index is -0.757. The number of esters is 1. The molecule has 1 aliphatic rings. The molecule has 0 saturated heterocycles. The number of hydrogen-bond acceptors (Lipinski definition) is 6. The Labute approximate surface area is 139 Å². The average molecular weight is 325 g/mol. The smallest absolute Gasteiger partial charge is 0.347 e. The molecule has 1 aliphatic heterocycles. The van der Waals surface area contributed by atoms with Gasteiger partial charge in [-0.25, -0.2) is 4.79 Å². The van der Waals surface area contributed by atoms with E-state index in [-0.39, 0.29) is 13.4 Å². The van der Waals surface area contributed by atoms with Gasteiger partial charge in [0.1, 0.15) is 12.4 Å². The summed E-state index contributed by atoms with van der Waals surface area (Å²) in [6.07, 6.45) is -0.757. The van der Waals surface area contributed by atoms with E-state index < -0.39 is 12.1 Å². The van der Waals surface area contributed by atoms with Crippen molar-refractivity contribution in [3.63, 3.8) is 0 Å². The molecule has 2 aromatic rings. The van der Waals surface area contributed by atoms with Crippen molar-refractivity contribution in [2.24, 2.45) is 0 Å². The first-order chi connectivity index (χ1) is 11.7. The summed E-state index contributed by atoms with van der Waals surface area (Å²) in [5, 5.41) is 8.75. The third kappa shape index (κ3) is 3.58. The highest BCUT2D eigenvalue weighted by molar-refractivity contribution is 5.74. The molecule has 0 fully saturated rings. The van der Waals surface area contributed by atoms with E-state index in [2.05, 4.69) is 0 Å². The van der Waals surface area contributed by atoms with Crippen LogP contribution in [0.4, 0.5) is 0 Å². The normalized spacial score (nSPS) is 13.0. The summed E-state index contributed by atoms with van der Waals surface area (Å²) < 4.78 is 21.3. The van der Waals surface area contributed by atoms with E-state index in [9.17, 15) is 4.79 Å². The number of nitriles is 1. The zero-order valence-corrected chi connectivity index (χ0v) is 13.0. The fraction of sp³-hybridized carbons (Fsp3) is 0.222. The number of benzene rings is 2. The van der Waals surface area contributed by atoms with Gasteiger partial charge in [0, 0.05) is 0 Å². The van der Waals surface area contributed by atoms with Crippen LogP contribution in [0, 0.1) is 11.3 Å². The molecule has 0 aliphatic carbocycles. The molecule has 0 bridgehead atoms. The Balaban J connectivity index is 1.53. The van der Waals surface area contributed by atoms with Gasteiger partial charge < -0.3 is 18.9 Å². The molecule has 0 N–H and O–H groups in total. The van der Waals surface area contributed by atoms with Crippen LogP contribution in [0.15, 0.2) is 42.5 Å². The molecule has 1 atom stereocenters. The van der Waals surface area contributed by atoms with Crippen LogP contribution in [0.1, 0.15) is 18.1 Å². The molecular formula is C18H15NO5. The maximum absolute atomic E-state index is 12.0. The van der Waals surface area contributed by atoms with Gasteiger partial charge in [-0.15, -0.1) is 0 Å². The number of rotatable bonds is 5. The molecule has 6 heteroatoms. The van der Waals surface area contributed by atoms with Gasteiger partial charge in [-0.2, -0.15) is 5.26 Å². The van der Waals surface area contributed by atoms with Crippen LogP contribution in [0.3, 0.4) is 0 Å². The Bertz CT molecular complexity index is 779. The number of nitrogens with zero attached hydrogens (tertiary/aromatic N) is 1. The SMILES string of the molecule is C[C@@H](Oc1ccc(C#N)cc1)C(=O)OCc1ccc2c(c1)OCO2. The highest BCUT2D eigenvalue weighted by Crippen LogP contribution is 2.32. The highest BCUT2D eigenvalue weighted by atomic mass is 16.7. The molecule has 24 heavy (non-hydrogen) atoms. The van der Waals surface area contributed by atoms with Crippen molar-refractivity contribution < 1.29 is 23.7 Å². The van der Waals surface area contributed by atoms with E-state index in [1.165, 1.54) is 0 Å². The van der Waals surface area contributed by atoms with E-state index in [1.807, 2.05) is 12.1 Å². The molecule has 0 unspecified atom stereocenters. The van der Waals surface area contributed by atoms with Crippen molar-refractivity contribution in [1.82, 2.24) is 0 Å². The summed E-state index contributed by atoms with van der Waals surface area (Å²) in [6.45, 7) is 1.94. The first-order valence-electron chi connectivity index (χ1n) is 7.37. The van der Waals surface area contributed by atoms with Crippen LogP contribution in [-0.4, -0.2) is 18.9 Å². The summed E-state index contributed by atoms with van der Waals surface area (Å²) in [5.41, 5.74) is 1.33. The minimum absolute atomic E-state index is 0.122. The third-order valence-electron chi connectivity index (χ3n) is 3.45. The van der Waals surface area contributed by atoms with Crippen LogP contribution < -0.4 is 14.2 Å². The lowest BCUT2D eigenvalue weighted by Gasteiger charge is -2.14.